The molecule has 0 aliphatic rings. The van der Waals surface area contributed by atoms with Gasteiger partial charge in [0.2, 0.25) is 0 Å². The van der Waals surface area contributed by atoms with Crippen LogP contribution in [-0.4, -0.2) is 4.98 Å². The van der Waals surface area contributed by atoms with E-state index in [1.807, 2.05) is 17.6 Å². The lowest BCUT2D eigenvalue weighted by Gasteiger charge is -2.03. The molecule has 1 nitrogen and oxygen atoms in total. The third-order valence-corrected chi connectivity index (χ3v) is 4.98. The van der Waals surface area contributed by atoms with Crippen molar-refractivity contribution in [2.45, 2.75) is 13.3 Å². The minimum Gasteiger partial charge on any atom is -0.244 e. The summed E-state index contributed by atoms with van der Waals surface area (Å²) < 4.78 is 0. The molecule has 2 aromatic heterocycles. The van der Waals surface area contributed by atoms with Gasteiger partial charge in [-0.05, 0) is 30.7 Å². The van der Waals surface area contributed by atoms with Gasteiger partial charge in [0.05, 0.1) is 16.1 Å². The fourth-order valence-electron chi connectivity index (χ4n) is 1.97. The second kappa shape index (κ2) is 5.45. The summed E-state index contributed by atoms with van der Waals surface area (Å²) in [5.74, 6) is 0. The Labute approximate surface area is 125 Å². The number of thiazole rings is 1. The van der Waals surface area contributed by atoms with Crippen molar-refractivity contribution in [2.24, 2.45) is 0 Å². The number of hydrogen-bond acceptors (Lipinski definition) is 3. The number of halogens is 1. The average Bonchev–Trinajstić information content (AvgIpc) is 3.04. The molecule has 0 bridgehead atoms. The van der Waals surface area contributed by atoms with E-state index in [-0.39, 0.29) is 0 Å². The first-order chi connectivity index (χ1) is 9.22. The lowest BCUT2D eigenvalue weighted by atomic mass is 10.1. The Morgan fingerprint density at radius 1 is 1.21 bits per heavy atom. The summed E-state index contributed by atoms with van der Waals surface area (Å²) in [6.45, 7) is 2.09. The van der Waals surface area contributed by atoms with Crippen LogP contribution in [0.5, 0.6) is 0 Å². The van der Waals surface area contributed by atoms with Crippen LogP contribution in [0.3, 0.4) is 0 Å². The normalized spacial score (nSPS) is 10.8. The molecule has 0 N–H and O–H groups in total. The molecular formula is C15H12ClNS2. The van der Waals surface area contributed by atoms with Crippen LogP contribution in [0.25, 0.3) is 10.6 Å². The number of nitrogens with zero attached hydrogens (tertiary/aromatic N) is 1. The smallest absolute Gasteiger partial charge is 0.0910 e. The van der Waals surface area contributed by atoms with Gasteiger partial charge >= 0.3 is 0 Å². The summed E-state index contributed by atoms with van der Waals surface area (Å²) >= 11 is 9.66. The van der Waals surface area contributed by atoms with Crippen molar-refractivity contribution in [3.05, 3.63) is 62.2 Å². The number of aromatic nitrogens is 1. The molecule has 0 aliphatic carbocycles. The monoisotopic (exact) mass is 305 g/mol. The quantitative estimate of drug-likeness (QED) is 0.629. The Kier molecular flexibility index (Phi) is 3.69. The second-order valence-corrected chi connectivity index (χ2v) is 6.71. The molecule has 19 heavy (non-hydrogen) atoms. The Bertz CT molecular complexity index is 686. The van der Waals surface area contributed by atoms with Gasteiger partial charge in [-0.15, -0.1) is 22.7 Å². The summed E-state index contributed by atoms with van der Waals surface area (Å²) in [5, 5.41) is 2.92. The molecule has 0 aliphatic heterocycles. The lowest BCUT2D eigenvalue weighted by molar-refractivity contribution is 1.22. The SMILES string of the molecule is Cc1ccc(Cl)c(Cc2ccc(-c3cscn3)s2)c1. The molecule has 0 unspecified atom stereocenters. The first-order valence-electron chi connectivity index (χ1n) is 5.94. The van der Waals surface area contributed by atoms with E-state index in [1.165, 1.54) is 20.9 Å². The number of thiophene rings is 1. The molecule has 0 spiro atoms. The zero-order chi connectivity index (χ0) is 13.2. The molecule has 2 heterocycles. The molecule has 0 amide bonds. The maximum atomic E-state index is 6.25. The van der Waals surface area contributed by atoms with Crippen molar-refractivity contribution < 1.29 is 0 Å². The van der Waals surface area contributed by atoms with Crippen LogP contribution in [0, 0.1) is 6.92 Å². The molecule has 4 heteroatoms. The van der Waals surface area contributed by atoms with Crippen molar-refractivity contribution in [3.8, 4) is 10.6 Å². The van der Waals surface area contributed by atoms with Crippen LogP contribution in [0.4, 0.5) is 0 Å². The summed E-state index contributed by atoms with van der Waals surface area (Å²) in [4.78, 5) is 6.88. The van der Waals surface area contributed by atoms with Gasteiger partial charge in [0.15, 0.2) is 0 Å². The lowest BCUT2D eigenvalue weighted by Crippen LogP contribution is -1.87. The van der Waals surface area contributed by atoms with Gasteiger partial charge in [-0.3, -0.25) is 0 Å². The molecule has 0 fully saturated rings. The minimum absolute atomic E-state index is 0.842. The third kappa shape index (κ3) is 2.89. The van der Waals surface area contributed by atoms with Gasteiger partial charge in [-0.2, -0.15) is 0 Å². The maximum absolute atomic E-state index is 6.25. The summed E-state index contributed by atoms with van der Waals surface area (Å²) in [6, 6.07) is 10.5. The maximum Gasteiger partial charge on any atom is 0.0910 e. The summed E-state index contributed by atoms with van der Waals surface area (Å²) in [5.41, 5.74) is 5.37. The number of hydrogen-bond donors (Lipinski definition) is 0. The van der Waals surface area contributed by atoms with Gasteiger partial charge in [0.1, 0.15) is 0 Å². The standard InChI is InChI=1S/C15H12ClNS2/c1-10-2-4-13(16)11(6-10)7-12-3-5-15(19-12)14-8-18-9-17-14/h2-6,8-9H,7H2,1H3. The van der Waals surface area contributed by atoms with Gasteiger partial charge in [-0.1, -0.05) is 29.3 Å². The third-order valence-electron chi connectivity index (χ3n) is 2.91. The van der Waals surface area contributed by atoms with E-state index in [0.29, 0.717) is 0 Å². The summed E-state index contributed by atoms with van der Waals surface area (Å²) in [6.07, 6.45) is 0.884. The highest BCUT2D eigenvalue weighted by Gasteiger charge is 2.07. The molecule has 0 saturated heterocycles. The minimum atomic E-state index is 0.842. The number of benzene rings is 1. The average molecular weight is 306 g/mol. The van der Waals surface area contributed by atoms with Crippen molar-refractivity contribution in [2.75, 3.05) is 0 Å². The Hall–Kier alpha value is -1.16. The second-order valence-electron chi connectivity index (χ2n) is 4.41. The van der Waals surface area contributed by atoms with Crippen LogP contribution in [0.1, 0.15) is 16.0 Å². The van der Waals surface area contributed by atoms with Crippen LogP contribution >= 0.6 is 34.3 Å². The number of aryl methyl sites for hydroxylation is 1. The number of rotatable bonds is 3. The van der Waals surface area contributed by atoms with E-state index in [1.54, 1.807) is 22.7 Å². The molecule has 0 saturated carbocycles. The molecule has 3 aromatic rings. The van der Waals surface area contributed by atoms with Gasteiger partial charge < -0.3 is 0 Å². The first-order valence-corrected chi connectivity index (χ1v) is 8.08. The van der Waals surface area contributed by atoms with Crippen molar-refractivity contribution in [1.82, 2.24) is 4.98 Å². The molecule has 3 rings (SSSR count). The van der Waals surface area contributed by atoms with Crippen molar-refractivity contribution >= 4 is 34.3 Å². The Balaban J connectivity index is 1.86. The molecule has 0 radical (unpaired) electrons. The zero-order valence-electron chi connectivity index (χ0n) is 10.4. The largest absolute Gasteiger partial charge is 0.244 e. The topological polar surface area (TPSA) is 12.9 Å². The van der Waals surface area contributed by atoms with E-state index in [2.05, 4.69) is 35.5 Å². The highest BCUT2D eigenvalue weighted by Crippen LogP contribution is 2.30. The van der Waals surface area contributed by atoms with Gasteiger partial charge in [0.25, 0.3) is 0 Å². The molecule has 96 valence electrons. The van der Waals surface area contributed by atoms with Crippen molar-refractivity contribution in [3.63, 3.8) is 0 Å². The Morgan fingerprint density at radius 3 is 2.89 bits per heavy atom. The van der Waals surface area contributed by atoms with E-state index in [0.717, 1.165) is 17.1 Å². The van der Waals surface area contributed by atoms with E-state index >= 15 is 0 Å². The van der Waals surface area contributed by atoms with Crippen LogP contribution < -0.4 is 0 Å². The zero-order valence-corrected chi connectivity index (χ0v) is 12.8. The highest BCUT2D eigenvalue weighted by molar-refractivity contribution is 7.16. The van der Waals surface area contributed by atoms with E-state index < -0.39 is 0 Å². The molecular weight excluding hydrogens is 294 g/mol. The van der Waals surface area contributed by atoms with Crippen LogP contribution in [0.2, 0.25) is 5.02 Å². The molecule has 0 atom stereocenters. The molecule has 1 aromatic carbocycles. The highest BCUT2D eigenvalue weighted by atomic mass is 35.5. The van der Waals surface area contributed by atoms with Crippen LogP contribution in [0.15, 0.2) is 41.2 Å². The predicted molar refractivity (Wildman–Crippen MR) is 84.4 cm³/mol. The van der Waals surface area contributed by atoms with E-state index in [4.69, 9.17) is 11.6 Å². The predicted octanol–water partition coefficient (Wildman–Crippen LogP) is 5.42. The van der Waals surface area contributed by atoms with Gasteiger partial charge in [0, 0.05) is 21.7 Å². The fraction of sp³-hybridized carbons (Fsp3) is 0.133. The van der Waals surface area contributed by atoms with E-state index in [9.17, 15) is 0 Å². The Morgan fingerprint density at radius 2 is 2.11 bits per heavy atom. The van der Waals surface area contributed by atoms with Gasteiger partial charge in [-0.25, -0.2) is 4.98 Å². The van der Waals surface area contributed by atoms with Crippen LogP contribution in [-0.2, 0) is 6.42 Å². The first kappa shape index (κ1) is 12.9. The van der Waals surface area contributed by atoms with Crippen molar-refractivity contribution in [1.29, 1.82) is 0 Å². The summed E-state index contributed by atoms with van der Waals surface area (Å²) in [7, 11) is 0. The fourth-order valence-corrected chi connectivity index (χ4v) is 3.78.